The summed E-state index contributed by atoms with van der Waals surface area (Å²) in [5, 5.41) is 12.7. The quantitative estimate of drug-likeness (QED) is 0.753. The fraction of sp³-hybridized carbons (Fsp3) is 0.400. The molecule has 1 saturated carbocycles. The van der Waals surface area contributed by atoms with E-state index in [4.69, 9.17) is 0 Å². The largest absolute Gasteiger partial charge is 0.393 e. The van der Waals surface area contributed by atoms with E-state index in [1.165, 1.54) is 6.07 Å². The van der Waals surface area contributed by atoms with Crippen molar-refractivity contribution in [3.63, 3.8) is 0 Å². The van der Waals surface area contributed by atoms with E-state index in [2.05, 4.69) is 10.3 Å². The third-order valence-electron chi connectivity index (χ3n) is 4.88. The van der Waals surface area contributed by atoms with Gasteiger partial charge in [0.15, 0.2) is 0 Å². The Morgan fingerprint density at radius 2 is 2.00 bits per heavy atom. The molecule has 5 nitrogen and oxygen atoms in total. The Labute approximate surface area is 147 Å². The summed E-state index contributed by atoms with van der Waals surface area (Å²) >= 11 is 0. The predicted octanol–water partition coefficient (Wildman–Crippen LogP) is 2.05. The molecule has 1 unspecified atom stereocenters. The van der Waals surface area contributed by atoms with Crippen LogP contribution in [0.25, 0.3) is 0 Å². The van der Waals surface area contributed by atoms with Gasteiger partial charge < -0.3 is 15.4 Å². The maximum atomic E-state index is 12.7. The number of carbonyl (C=O) groups is 1. The van der Waals surface area contributed by atoms with Gasteiger partial charge in [-0.05, 0) is 43.2 Å². The van der Waals surface area contributed by atoms with Crippen LogP contribution in [0.15, 0.2) is 47.3 Å². The maximum absolute atomic E-state index is 12.7. The van der Waals surface area contributed by atoms with Gasteiger partial charge in [0.25, 0.3) is 5.91 Å². The van der Waals surface area contributed by atoms with Gasteiger partial charge in [0.2, 0.25) is 5.56 Å². The molecule has 3 N–H and O–H groups in total. The number of hydrogen-bond acceptors (Lipinski definition) is 3. The Hall–Kier alpha value is -2.40. The van der Waals surface area contributed by atoms with E-state index in [0.29, 0.717) is 31.2 Å². The van der Waals surface area contributed by atoms with Crippen molar-refractivity contribution < 1.29 is 9.90 Å². The van der Waals surface area contributed by atoms with Crippen LogP contribution >= 0.6 is 0 Å². The average Bonchev–Trinajstić information content (AvgIpc) is 2.58. The lowest BCUT2D eigenvalue weighted by molar-refractivity contribution is 0.0239. The minimum absolute atomic E-state index is 0.0531. The molecule has 1 aromatic carbocycles. The van der Waals surface area contributed by atoms with E-state index in [-0.39, 0.29) is 29.5 Å². The summed E-state index contributed by atoms with van der Waals surface area (Å²) in [5.74, 6) is 0.0231. The molecule has 1 fully saturated rings. The van der Waals surface area contributed by atoms with Gasteiger partial charge in [-0.15, -0.1) is 0 Å². The molecule has 0 aliphatic heterocycles. The fourth-order valence-corrected chi connectivity index (χ4v) is 3.34. The van der Waals surface area contributed by atoms with Crippen LogP contribution in [0, 0.1) is 5.92 Å². The third kappa shape index (κ3) is 4.37. The molecule has 1 atom stereocenters. The summed E-state index contributed by atoms with van der Waals surface area (Å²) in [6, 6.07) is 13.0. The van der Waals surface area contributed by atoms with Crippen LogP contribution in [0.5, 0.6) is 0 Å². The van der Waals surface area contributed by atoms with Gasteiger partial charge in [0, 0.05) is 23.4 Å². The number of nitrogens with one attached hydrogen (secondary N) is 2. The summed E-state index contributed by atoms with van der Waals surface area (Å²) in [4.78, 5) is 27.1. The molecule has 0 spiro atoms. The molecule has 1 heterocycles. The number of benzene rings is 1. The van der Waals surface area contributed by atoms with Crippen molar-refractivity contribution in [1.29, 1.82) is 0 Å². The highest BCUT2D eigenvalue weighted by atomic mass is 16.3. The number of aliphatic hydroxyl groups excluding tert-OH is 1. The zero-order chi connectivity index (χ0) is 17.8. The third-order valence-corrected chi connectivity index (χ3v) is 4.88. The average molecular weight is 340 g/mol. The van der Waals surface area contributed by atoms with Gasteiger partial charge in [0.05, 0.1) is 6.10 Å². The second kappa shape index (κ2) is 7.66. The lowest BCUT2D eigenvalue weighted by Gasteiger charge is -2.38. The van der Waals surface area contributed by atoms with E-state index in [0.717, 1.165) is 11.3 Å². The molecule has 3 rings (SSSR count). The van der Waals surface area contributed by atoms with Crippen molar-refractivity contribution in [2.24, 2.45) is 5.92 Å². The second-order valence-electron chi connectivity index (χ2n) is 6.77. The molecule has 5 heteroatoms. The highest BCUT2D eigenvalue weighted by Gasteiger charge is 2.34. The van der Waals surface area contributed by atoms with Crippen molar-refractivity contribution in [3.8, 4) is 0 Å². The molecule has 0 bridgehead atoms. The lowest BCUT2D eigenvalue weighted by atomic mass is 9.75. The summed E-state index contributed by atoms with van der Waals surface area (Å²) in [7, 11) is 0. The van der Waals surface area contributed by atoms with Crippen LogP contribution in [0.2, 0.25) is 0 Å². The minimum Gasteiger partial charge on any atom is -0.393 e. The summed E-state index contributed by atoms with van der Waals surface area (Å²) in [5.41, 5.74) is 2.02. The molecule has 132 valence electrons. The number of aliphatic hydroxyl groups is 1. The summed E-state index contributed by atoms with van der Waals surface area (Å²) in [6.07, 6.45) is 2.51. The first-order chi connectivity index (χ1) is 12.0. The number of rotatable bonds is 6. The van der Waals surface area contributed by atoms with Crippen LogP contribution < -0.4 is 10.9 Å². The maximum Gasteiger partial charge on any atom is 0.251 e. The Morgan fingerprint density at radius 1 is 1.28 bits per heavy atom. The molecule has 0 radical (unpaired) electrons. The van der Waals surface area contributed by atoms with E-state index >= 15 is 0 Å². The molecule has 1 aliphatic carbocycles. The van der Waals surface area contributed by atoms with E-state index in [9.17, 15) is 14.7 Å². The Kier molecular flexibility index (Phi) is 5.34. The first-order valence-corrected chi connectivity index (χ1v) is 8.81. The highest BCUT2D eigenvalue weighted by Crippen LogP contribution is 2.31. The van der Waals surface area contributed by atoms with E-state index < -0.39 is 0 Å². The summed E-state index contributed by atoms with van der Waals surface area (Å²) in [6.45, 7) is 1.93. The Balaban J connectivity index is 1.76. The van der Waals surface area contributed by atoms with Crippen molar-refractivity contribution in [2.45, 2.75) is 44.8 Å². The van der Waals surface area contributed by atoms with Crippen molar-refractivity contribution in [3.05, 3.63) is 69.6 Å². The Bertz CT molecular complexity index is 779. The number of H-pyrrole nitrogens is 1. The molecule has 1 aromatic heterocycles. The van der Waals surface area contributed by atoms with E-state index in [1.807, 2.05) is 37.3 Å². The molecular weight excluding hydrogens is 316 g/mol. The minimum atomic E-state index is -0.272. The van der Waals surface area contributed by atoms with Gasteiger partial charge in [-0.25, -0.2) is 0 Å². The predicted molar refractivity (Wildman–Crippen MR) is 96.6 cm³/mol. The van der Waals surface area contributed by atoms with Crippen LogP contribution in [-0.2, 0) is 12.8 Å². The highest BCUT2D eigenvalue weighted by molar-refractivity contribution is 5.94. The smallest absolute Gasteiger partial charge is 0.251 e. The topological polar surface area (TPSA) is 82.2 Å². The zero-order valence-corrected chi connectivity index (χ0v) is 14.4. The first-order valence-electron chi connectivity index (χ1n) is 8.81. The fourth-order valence-electron chi connectivity index (χ4n) is 3.34. The number of aryl methyl sites for hydroxylation is 1. The number of carbonyl (C=O) groups excluding carboxylic acids is 1. The van der Waals surface area contributed by atoms with Gasteiger partial charge in [0.1, 0.15) is 0 Å². The number of pyridine rings is 1. The number of hydrogen-bond donors (Lipinski definition) is 3. The van der Waals surface area contributed by atoms with Crippen LogP contribution in [-0.4, -0.2) is 28.1 Å². The SMILES string of the molecule is CCc1cc(C(=O)NC(Cc2ccccc2)C2CC(O)C2)cc(=O)[nH]1. The van der Waals surface area contributed by atoms with Crippen LogP contribution in [0.4, 0.5) is 0 Å². The van der Waals surface area contributed by atoms with Gasteiger partial charge >= 0.3 is 0 Å². The molecule has 25 heavy (non-hydrogen) atoms. The molecule has 0 saturated heterocycles. The van der Waals surface area contributed by atoms with Gasteiger partial charge in [-0.2, -0.15) is 0 Å². The number of aromatic nitrogens is 1. The number of amides is 1. The van der Waals surface area contributed by atoms with E-state index in [1.54, 1.807) is 6.07 Å². The molecular formula is C20H24N2O3. The van der Waals surface area contributed by atoms with Crippen molar-refractivity contribution >= 4 is 5.91 Å². The monoisotopic (exact) mass is 340 g/mol. The normalized spacial score (nSPS) is 20.6. The van der Waals surface area contributed by atoms with Crippen molar-refractivity contribution in [1.82, 2.24) is 10.3 Å². The Morgan fingerprint density at radius 3 is 2.64 bits per heavy atom. The van der Waals surface area contributed by atoms with Gasteiger partial charge in [-0.3, -0.25) is 9.59 Å². The van der Waals surface area contributed by atoms with Gasteiger partial charge in [-0.1, -0.05) is 37.3 Å². The second-order valence-corrected chi connectivity index (χ2v) is 6.77. The lowest BCUT2D eigenvalue weighted by Crippen LogP contribution is -2.48. The van der Waals surface area contributed by atoms with Crippen LogP contribution in [0.3, 0.4) is 0 Å². The summed E-state index contributed by atoms with van der Waals surface area (Å²) < 4.78 is 0. The zero-order valence-electron chi connectivity index (χ0n) is 14.4. The number of aromatic amines is 1. The first kappa shape index (κ1) is 17.4. The molecule has 1 amide bonds. The molecule has 1 aliphatic rings. The van der Waals surface area contributed by atoms with Crippen molar-refractivity contribution in [2.75, 3.05) is 0 Å². The van der Waals surface area contributed by atoms with Crippen LogP contribution in [0.1, 0.15) is 41.4 Å². The standard InChI is InChI=1S/C20H24N2O3/c1-2-16-9-15(12-19(24)21-16)20(25)22-18(14-10-17(23)11-14)8-13-6-4-3-5-7-13/h3-7,9,12,14,17-18,23H,2,8,10-11H2,1H3,(H,21,24)(H,22,25). The molecule has 2 aromatic rings.